The molecule has 2 atom stereocenters. The van der Waals surface area contributed by atoms with Gasteiger partial charge >= 0.3 is 6.03 Å². The number of hydrogen-bond donors (Lipinski definition) is 6. The van der Waals surface area contributed by atoms with Crippen LogP contribution in [0, 0.1) is 12.8 Å². The van der Waals surface area contributed by atoms with Gasteiger partial charge in [0.1, 0.15) is 11.4 Å². The molecule has 2 aliphatic carbocycles. The van der Waals surface area contributed by atoms with Crippen molar-refractivity contribution in [2.45, 2.75) is 31.6 Å². The third-order valence-electron chi connectivity index (χ3n) is 11.8. The number of ketones is 1. The lowest BCUT2D eigenvalue weighted by Gasteiger charge is -2.28. The average molecular weight is 702 g/mol. The Kier molecular flexibility index (Phi) is 5.74. The number of benzene rings is 2. The number of phenolic OH excluding ortho intramolecular Hbond substituents is 2. The summed E-state index contributed by atoms with van der Waals surface area (Å²) in [5, 5.41) is 23.7. The molecule has 10 rings (SSSR count). The van der Waals surface area contributed by atoms with Crippen LogP contribution in [-0.2, 0) is 18.3 Å². The number of aromatic hydroxyl groups is 2. The molecule has 52 heavy (non-hydrogen) atoms. The van der Waals surface area contributed by atoms with E-state index in [0.29, 0.717) is 64.5 Å². The number of fused-ring (bicyclic) bond motifs is 7. The van der Waals surface area contributed by atoms with Gasteiger partial charge in [0.25, 0.3) is 11.8 Å². The molecule has 15 heteroatoms. The number of nitrogens with zero attached hydrogens (tertiary/aromatic N) is 3. The number of aryl methyl sites for hydroxylation is 1. The smallest absolute Gasteiger partial charge is 0.319 e. The van der Waals surface area contributed by atoms with E-state index in [1.165, 1.54) is 16.9 Å². The molecular weight excluding hydrogens is 670 g/mol. The third-order valence-corrected chi connectivity index (χ3v) is 11.8. The minimum Gasteiger partial charge on any atom is -0.505 e. The Morgan fingerprint density at radius 1 is 0.962 bits per heavy atom. The molecule has 0 radical (unpaired) electrons. The fraction of sp³-hybridized carbons (Fsp3) is 0.270. The van der Waals surface area contributed by atoms with Crippen molar-refractivity contribution in [3.63, 3.8) is 0 Å². The molecule has 5 aromatic rings. The summed E-state index contributed by atoms with van der Waals surface area (Å²) in [5.74, 6) is -1.49. The number of aromatic amines is 3. The molecule has 6 heterocycles. The van der Waals surface area contributed by atoms with Crippen LogP contribution in [0.5, 0.6) is 17.2 Å². The number of ether oxygens (including phenoxy) is 1. The zero-order valence-corrected chi connectivity index (χ0v) is 28.0. The Labute approximate surface area is 293 Å². The molecule has 1 unspecified atom stereocenters. The van der Waals surface area contributed by atoms with Gasteiger partial charge in [0.15, 0.2) is 23.5 Å². The fourth-order valence-electron chi connectivity index (χ4n) is 9.55. The van der Waals surface area contributed by atoms with E-state index >= 15 is 0 Å². The van der Waals surface area contributed by atoms with E-state index in [-0.39, 0.29) is 81.5 Å². The van der Waals surface area contributed by atoms with Gasteiger partial charge in [-0.2, -0.15) is 0 Å². The number of aromatic nitrogens is 3. The van der Waals surface area contributed by atoms with Crippen molar-refractivity contribution in [1.82, 2.24) is 19.9 Å². The topological polar surface area (TPSA) is 218 Å². The van der Waals surface area contributed by atoms with Crippen LogP contribution < -0.4 is 20.3 Å². The normalized spacial score (nSPS) is 20.9. The number of methoxy groups -OCH3 is 1. The van der Waals surface area contributed by atoms with Crippen LogP contribution in [0.4, 0.5) is 16.2 Å². The molecule has 0 bridgehead atoms. The Morgan fingerprint density at radius 2 is 1.60 bits per heavy atom. The lowest BCUT2D eigenvalue weighted by atomic mass is 9.83. The summed E-state index contributed by atoms with van der Waals surface area (Å²) in [6.45, 7) is 2.82. The van der Waals surface area contributed by atoms with E-state index in [2.05, 4.69) is 15.0 Å². The SMILES string of the molecule is COc1c(O)c2c(c3cc(C(=O)N4CCc5c4c(O)c(C=O)c4[nH]c(C(=O)N6C[C@H]7CC78C6=CC(=O)c6[nH]cc(C)c68)cc54)[nH]c13)CCN2C(N)=O. The molecule has 1 saturated carbocycles. The zero-order chi connectivity index (χ0) is 36.1. The highest BCUT2D eigenvalue weighted by molar-refractivity contribution is 6.16. The number of piperidine rings is 1. The maximum absolute atomic E-state index is 14.2. The minimum atomic E-state index is -0.731. The van der Waals surface area contributed by atoms with Crippen LogP contribution in [0.25, 0.3) is 21.8 Å². The molecule has 1 saturated heterocycles. The van der Waals surface area contributed by atoms with Gasteiger partial charge in [0.05, 0.1) is 40.8 Å². The Morgan fingerprint density at radius 3 is 2.27 bits per heavy atom. The van der Waals surface area contributed by atoms with Gasteiger partial charge in [-0.3, -0.25) is 24.1 Å². The first-order valence-corrected chi connectivity index (χ1v) is 17.0. The van der Waals surface area contributed by atoms with E-state index in [0.717, 1.165) is 17.5 Å². The highest BCUT2D eigenvalue weighted by Gasteiger charge is 2.68. The number of likely N-dealkylation sites (tertiary alicyclic amines) is 1. The number of phenols is 2. The van der Waals surface area contributed by atoms with Crippen molar-refractivity contribution in [2.75, 3.05) is 36.5 Å². The summed E-state index contributed by atoms with van der Waals surface area (Å²) in [6.07, 6.45) is 5.45. The fourth-order valence-corrected chi connectivity index (χ4v) is 9.55. The van der Waals surface area contributed by atoms with E-state index in [4.69, 9.17) is 10.5 Å². The predicted octanol–water partition coefficient (Wildman–Crippen LogP) is 3.66. The molecule has 7 N–H and O–H groups in total. The number of carbonyl (C=O) groups excluding carboxylic acids is 5. The molecule has 2 aromatic carbocycles. The Bertz CT molecular complexity index is 2610. The quantitative estimate of drug-likeness (QED) is 0.152. The average Bonchev–Trinajstić information content (AvgIpc) is 3.85. The summed E-state index contributed by atoms with van der Waals surface area (Å²) in [5.41, 5.74) is 10.8. The van der Waals surface area contributed by atoms with Crippen LogP contribution in [0.15, 0.2) is 30.1 Å². The standard InChI is InChI=1S/C37H31N7O8/c1-14-11-39-28-23(46)9-24-37(25(14)28)10-15(37)12-44(24)35(50)22-7-18-16-3-5-42(29(16)31(47)20(13-45)26(18)40-22)34(49)21-8-19-17-4-6-43(36(38)51)30(17)32(48)33(52-2)27(19)41-21/h7-9,11,13,15,39-41,47-48H,3-6,10,12H2,1-2H3,(H2,38,51)/t15-,37?/m1/s1. The number of aldehydes is 1. The number of urea groups is 1. The van der Waals surface area contributed by atoms with Crippen LogP contribution in [-0.4, -0.2) is 86.7 Å². The molecule has 3 aliphatic heterocycles. The summed E-state index contributed by atoms with van der Waals surface area (Å²) in [6, 6.07) is 2.53. The van der Waals surface area contributed by atoms with Gasteiger partial charge < -0.3 is 45.4 Å². The van der Waals surface area contributed by atoms with Gasteiger partial charge in [-0.15, -0.1) is 0 Å². The van der Waals surface area contributed by atoms with Crippen LogP contribution in [0.2, 0.25) is 0 Å². The van der Waals surface area contributed by atoms with Crippen molar-refractivity contribution < 1.29 is 38.9 Å². The lowest BCUT2D eigenvalue weighted by Crippen LogP contribution is -2.34. The summed E-state index contributed by atoms with van der Waals surface area (Å²) in [4.78, 5) is 79.6. The summed E-state index contributed by atoms with van der Waals surface area (Å²) >= 11 is 0. The maximum Gasteiger partial charge on any atom is 0.319 e. The number of rotatable bonds is 4. The number of carbonyl (C=O) groups is 5. The van der Waals surface area contributed by atoms with Crippen molar-refractivity contribution in [1.29, 1.82) is 0 Å². The second-order valence-corrected chi connectivity index (χ2v) is 14.2. The first-order chi connectivity index (χ1) is 25.0. The van der Waals surface area contributed by atoms with Crippen molar-refractivity contribution in [3.8, 4) is 17.2 Å². The van der Waals surface area contributed by atoms with Gasteiger partial charge in [0, 0.05) is 53.8 Å². The third kappa shape index (κ3) is 3.51. The number of nitrogens with one attached hydrogen (secondary N) is 3. The molecule has 262 valence electrons. The number of nitrogens with two attached hydrogens (primary N) is 1. The van der Waals surface area contributed by atoms with E-state index < -0.39 is 17.7 Å². The summed E-state index contributed by atoms with van der Waals surface area (Å²) < 4.78 is 5.48. The number of amides is 4. The first kappa shape index (κ1) is 30.3. The molecule has 2 fully saturated rings. The number of hydrogen-bond acceptors (Lipinski definition) is 8. The van der Waals surface area contributed by atoms with Gasteiger partial charge in [-0.1, -0.05) is 0 Å². The largest absolute Gasteiger partial charge is 0.505 e. The number of primary amides is 1. The first-order valence-electron chi connectivity index (χ1n) is 17.0. The molecule has 4 amide bonds. The van der Waals surface area contributed by atoms with E-state index in [9.17, 15) is 34.2 Å². The zero-order valence-electron chi connectivity index (χ0n) is 28.0. The van der Waals surface area contributed by atoms with Gasteiger partial charge in [0.2, 0.25) is 5.78 Å². The van der Waals surface area contributed by atoms with Crippen molar-refractivity contribution in [3.05, 3.63) is 75.0 Å². The van der Waals surface area contributed by atoms with Gasteiger partial charge in [-0.05, 0) is 66.5 Å². The van der Waals surface area contributed by atoms with Gasteiger partial charge in [-0.25, -0.2) is 4.79 Å². The predicted molar refractivity (Wildman–Crippen MR) is 187 cm³/mol. The van der Waals surface area contributed by atoms with Crippen molar-refractivity contribution in [2.24, 2.45) is 11.7 Å². The number of anilines is 2. The number of allylic oxidation sites excluding steroid dienone is 2. The summed E-state index contributed by atoms with van der Waals surface area (Å²) in [7, 11) is 1.36. The molecule has 5 aliphatic rings. The number of H-pyrrole nitrogens is 3. The van der Waals surface area contributed by atoms with Crippen molar-refractivity contribution >= 4 is 63.1 Å². The highest BCUT2D eigenvalue weighted by atomic mass is 16.5. The lowest BCUT2D eigenvalue weighted by molar-refractivity contribution is 0.0805. The second kappa shape index (κ2) is 9.84. The van der Waals surface area contributed by atoms with Crippen LogP contribution in [0.1, 0.15) is 70.5 Å². The molecule has 1 spiro atoms. The Hall–Kier alpha value is -6.51. The molecule has 15 nitrogen and oxygen atoms in total. The Balaban J connectivity index is 1.03. The molecule has 3 aromatic heterocycles. The maximum atomic E-state index is 14.2. The van der Waals surface area contributed by atoms with Crippen LogP contribution >= 0.6 is 0 Å². The highest BCUT2D eigenvalue weighted by Crippen LogP contribution is 2.67. The molecular formula is C37H31N7O8. The minimum absolute atomic E-state index is 0.0401. The van der Waals surface area contributed by atoms with E-state index in [1.54, 1.807) is 23.1 Å². The van der Waals surface area contributed by atoms with E-state index in [1.807, 2.05) is 13.1 Å². The van der Waals surface area contributed by atoms with Crippen LogP contribution in [0.3, 0.4) is 0 Å². The second-order valence-electron chi connectivity index (χ2n) is 14.2. The monoisotopic (exact) mass is 701 g/mol.